The van der Waals surface area contributed by atoms with Gasteiger partial charge in [-0.25, -0.2) is 4.79 Å². The fourth-order valence-corrected chi connectivity index (χ4v) is 3.29. The van der Waals surface area contributed by atoms with Crippen molar-refractivity contribution in [3.05, 3.63) is 34.9 Å². The Morgan fingerprint density at radius 1 is 1.35 bits per heavy atom. The second-order valence-corrected chi connectivity index (χ2v) is 7.10. The van der Waals surface area contributed by atoms with Gasteiger partial charge in [-0.2, -0.15) is 0 Å². The third-order valence-electron chi connectivity index (χ3n) is 4.22. The fourth-order valence-electron chi connectivity index (χ4n) is 3.16. The summed E-state index contributed by atoms with van der Waals surface area (Å²) in [5.74, 6) is 0. The van der Waals surface area contributed by atoms with Gasteiger partial charge in [-0.15, -0.1) is 0 Å². The molecule has 3 amide bonds. The van der Waals surface area contributed by atoms with Gasteiger partial charge in [-0.05, 0) is 57.7 Å². The zero-order chi connectivity index (χ0) is 17.1. The van der Waals surface area contributed by atoms with Crippen molar-refractivity contribution in [1.29, 1.82) is 0 Å². The summed E-state index contributed by atoms with van der Waals surface area (Å²) in [7, 11) is 0. The van der Waals surface area contributed by atoms with Crippen molar-refractivity contribution >= 4 is 24.0 Å². The van der Waals surface area contributed by atoms with Gasteiger partial charge in [0.2, 0.25) is 6.41 Å². The number of rotatable bonds is 5. The Balaban J connectivity index is 2.02. The number of hydrogen-bond donors (Lipinski definition) is 1. The van der Waals surface area contributed by atoms with Crippen LogP contribution in [-0.2, 0) is 16.0 Å². The summed E-state index contributed by atoms with van der Waals surface area (Å²) in [6.07, 6.45) is 2.83. The van der Waals surface area contributed by atoms with Gasteiger partial charge in [0, 0.05) is 5.02 Å². The first-order chi connectivity index (χ1) is 10.8. The van der Waals surface area contributed by atoms with Crippen LogP contribution in [0.4, 0.5) is 4.79 Å². The molecule has 1 heterocycles. The summed E-state index contributed by atoms with van der Waals surface area (Å²) in [6, 6.07) is 7.33. The van der Waals surface area contributed by atoms with Crippen LogP contribution in [0, 0.1) is 0 Å². The second kappa shape index (κ2) is 6.89. The van der Waals surface area contributed by atoms with Crippen LogP contribution in [-0.4, -0.2) is 35.2 Å². The third-order valence-corrected chi connectivity index (χ3v) is 4.47. The number of hydrogen-bond acceptors (Lipinski definition) is 3. The zero-order valence-electron chi connectivity index (χ0n) is 13.8. The van der Waals surface area contributed by atoms with E-state index in [9.17, 15) is 9.59 Å². The van der Waals surface area contributed by atoms with Crippen molar-refractivity contribution in [2.75, 3.05) is 6.61 Å². The minimum Gasteiger partial charge on any atom is -0.353 e. The highest BCUT2D eigenvalue weighted by molar-refractivity contribution is 6.30. The van der Waals surface area contributed by atoms with Crippen LogP contribution in [0.3, 0.4) is 0 Å². The molecule has 5 nitrogen and oxygen atoms in total. The van der Waals surface area contributed by atoms with Crippen molar-refractivity contribution in [2.45, 2.75) is 51.3 Å². The molecule has 23 heavy (non-hydrogen) atoms. The van der Waals surface area contributed by atoms with Crippen LogP contribution >= 0.6 is 11.6 Å². The molecule has 1 aliphatic rings. The first kappa shape index (κ1) is 17.8. The minimum absolute atomic E-state index is 0.408. The van der Waals surface area contributed by atoms with E-state index in [-0.39, 0.29) is 0 Å². The first-order valence-electron chi connectivity index (χ1n) is 7.71. The van der Waals surface area contributed by atoms with Crippen molar-refractivity contribution in [3.8, 4) is 0 Å². The number of aryl methyl sites for hydroxylation is 1. The first-order valence-corrected chi connectivity index (χ1v) is 8.09. The molecule has 0 saturated carbocycles. The lowest BCUT2D eigenvalue weighted by molar-refractivity contribution is -0.109. The molecule has 0 aromatic heterocycles. The molecule has 1 aromatic carbocycles. The van der Waals surface area contributed by atoms with Crippen LogP contribution in [0.2, 0.25) is 5.02 Å². The molecular formula is C17H23ClN2O3. The molecule has 1 aliphatic heterocycles. The van der Waals surface area contributed by atoms with Gasteiger partial charge in [-0.1, -0.05) is 23.7 Å². The topological polar surface area (TPSA) is 58.6 Å². The highest BCUT2D eigenvalue weighted by Crippen LogP contribution is 2.38. The van der Waals surface area contributed by atoms with Gasteiger partial charge in [0.05, 0.1) is 12.1 Å². The summed E-state index contributed by atoms with van der Waals surface area (Å²) in [5, 5.41) is 2.95. The Labute approximate surface area is 141 Å². The van der Waals surface area contributed by atoms with E-state index in [2.05, 4.69) is 5.32 Å². The van der Waals surface area contributed by atoms with E-state index in [0.29, 0.717) is 19.4 Å². The van der Waals surface area contributed by atoms with E-state index in [1.54, 1.807) is 4.90 Å². The third kappa shape index (κ3) is 4.03. The Bertz CT molecular complexity index is 574. The second-order valence-electron chi connectivity index (χ2n) is 6.66. The smallest absolute Gasteiger partial charge is 0.326 e. The summed E-state index contributed by atoms with van der Waals surface area (Å²) < 4.78 is 5.92. The predicted octanol–water partition coefficient (Wildman–Crippen LogP) is 3.36. The van der Waals surface area contributed by atoms with Gasteiger partial charge < -0.3 is 4.74 Å². The molecule has 0 aliphatic carbocycles. The lowest BCUT2D eigenvalue weighted by atomic mass is 9.99. The van der Waals surface area contributed by atoms with Crippen molar-refractivity contribution in [2.24, 2.45) is 0 Å². The summed E-state index contributed by atoms with van der Waals surface area (Å²) in [6.45, 7) is 6.20. The number of halogens is 1. The Kier molecular flexibility index (Phi) is 5.32. The van der Waals surface area contributed by atoms with E-state index in [1.807, 2.05) is 45.0 Å². The van der Waals surface area contributed by atoms with Gasteiger partial charge in [0.25, 0.3) is 0 Å². The Morgan fingerprint density at radius 3 is 2.61 bits per heavy atom. The molecule has 1 saturated heterocycles. The maximum Gasteiger partial charge on any atom is 0.326 e. The van der Waals surface area contributed by atoms with Crippen molar-refractivity contribution < 1.29 is 14.3 Å². The summed E-state index contributed by atoms with van der Waals surface area (Å²) >= 11 is 5.89. The summed E-state index contributed by atoms with van der Waals surface area (Å²) in [4.78, 5) is 24.5. The molecule has 2 rings (SSSR count). The van der Waals surface area contributed by atoms with Gasteiger partial charge in [0.1, 0.15) is 5.72 Å². The van der Waals surface area contributed by atoms with Crippen LogP contribution in [0.15, 0.2) is 24.3 Å². The average molecular weight is 339 g/mol. The van der Waals surface area contributed by atoms with E-state index >= 15 is 0 Å². The van der Waals surface area contributed by atoms with Gasteiger partial charge >= 0.3 is 6.03 Å². The van der Waals surface area contributed by atoms with Crippen LogP contribution in [0.5, 0.6) is 0 Å². The van der Waals surface area contributed by atoms with E-state index < -0.39 is 17.3 Å². The largest absolute Gasteiger partial charge is 0.353 e. The molecule has 1 N–H and O–H groups in total. The number of benzene rings is 1. The number of nitrogens with zero attached hydrogens (tertiary/aromatic N) is 1. The molecule has 0 spiro atoms. The molecule has 0 bridgehead atoms. The predicted molar refractivity (Wildman–Crippen MR) is 89.3 cm³/mol. The van der Waals surface area contributed by atoms with E-state index in [4.69, 9.17) is 16.3 Å². The Morgan fingerprint density at radius 2 is 2.00 bits per heavy atom. The standard InChI is InChI=1S/C17H23ClN2O3/c1-16(2)11-23-17(3,20(16)15(22)19-12-21)10-4-5-13-6-8-14(18)9-7-13/h6-9,12H,4-5,10-11H2,1-3H3,(H,19,21,22). The van der Waals surface area contributed by atoms with Crippen molar-refractivity contribution in [1.82, 2.24) is 10.2 Å². The molecule has 0 radical (unpaired) electrons. The quantitative estimate of drug-likeness (QED) is 0.837. The number of carbonyl (C=O) groups excluding carboxylic acids is 2. The molecule has 6 heteroatoms. The van der Waals surface area contributed by atoms with Crippen molar-refractivity contribution in [3.63, 3.8) is 0 Å². The molecule has 1 fully saturated rings. The molecular weight excluding hydrogens is 316 g/mol. The average Bonchev–Trinajstić information content (AvgIpc) is 2.72. The maximum atomic E-state index is 12.2. The van der Waals surface area contributed by atoms with E-state index in [0.717, 1.165) is 17.9 Å². The number of urea groups is 1. The monoisotopic (exact) mass is 338 g/mol. The number of imide groups is 1. The van der Waals surface area contributed by atoms with E-state index in [1.165, 1.54) is 5.56 Å². The number of ether oxygens (including phenoxy) is 1. The zero-order valence-corrected chi connectivity index (χ0v) is 14.5. The molecule has 1 unspecified atom stereocenters. The maximum absolute atomic E-state index is 12.2. The highest BCUT2D eigenvalue weighted by atomic mass is 35.5. The van der Waals surface area contributed by atoms with Crippen LogP contribution in [0.1, 0.15) is 39.2 Å². The summed E-state index contributed by atoms with van der Waals surface area (Å²) in [5.41, 5.74) is 0.0182. The normalized spacial score (nSPS) is 22.9. The molecule has 1 aromatic rings. The molecule has 126 valence electrons. The number of carbonyl (C=O) groups is 2. The highest BCUT2D eigenvalue weighted by Gasteiger charge is 2.51. The van der Waals surface area contributed by atoms with Gasteiger partial charge in [0.15, 0.2) is 0 Å². The Hall–Kier alpha value is -1.59. The minimum atomic E-state index is -0.719. The fraction of sp³-hybridized carbons (Fsp3) is 0.529. The van der Waals surface area contributed by atoms with Crippen LogP contribution < -0.4 is 5.32 Å². The lowest BCUT2D eigenvalue weighted by Crippen LogP contribution is -2.57. The SMILES string of the molecule is CC1(C)COC(C)(CCCc2ccc(Cl)cc2)N1C(=O)NC=O. The lowest BCUT2D eigenvalue weighted by Gasteiger charge is -2.39. The number of nitrogens with one attached hydrogen (secondary N) is 1. The number of amides is 3. The van der Waals surface area contributed by atoms with Gasteiger partial charge in [-0.3, -0.25) is 15.0 Å². The molecule has 1 atom stereocenters. The van der Waals surface area contributed by atoms with Crippen LogP contribution in [0.25, 0.3) is 0 Å².